The van der Waals surface area contributed by atoms with Gasteiger partial charge in [-0.3, -0.25) is 0 Å². The molecule has 0 radical (unpaired) electrons. The first kappa shape index (κ1) is 9.81. The van der Waals surface area contributed by atoms with Gasteiger partial charge in [0.2, 0.25) is 0 Å². The highest BCUT2D eigenvalue weighted by atomic mass is 31.1. The molecule has 3 rings (SSSR count). The topological polar surface area (TPSA) is 0 Å². The molecule has 0 fully saturated rings. The molecule has 0 saturated heterocycles. The smallest absolute Gasteiger partial charge is 0.00396 e. The van der Waals surface area contributed by atoms with E-state index in [4.69, 9.17) is 0 Å². The largest absolute Gasteiger partial charge is 0.0622 e. The summed E-state index contributed by atoms with van der Waals surface area (Å²) in [5, 5.41) is 3.14. The molecule has 1 aliphatic heterocycles. The van der Waals surface area contributed by atoms with E-state index in [0.717, 1.165) is 0 Å². The van der Waals surface area contributed by atoms with E-state index in [0.29, 0.717) is 0 Å². The lowest BCUT2D eigenvalue weighted by Gasteiger charge is -1.92. The molecule has 16 heavy (non-hydrogen) atoms. The van der Waals surface area contributed by atoms with Crippen molar-refractivity contribution in [3.8, 4) is 0 Å². The first-order valence-corrected chi connectivity index (χ1v) is 7.25. The minimum atomic E-state index is -0.0165. The third kappa shape index (κ3) is 1.60. The lowest BCUT2D eigenvalue weighted by molar-refractivity contribution is 1.65. The summed E-state index contributed by atoms with van der Waals surface area (Å²) in [6.45, 7) is 2.35. The highest BCUT2D eigenvalue weighted by molar-refractivity contribution is 7.88. The van der Waals surface area contributed by atoms with Gasteiger partial charge in [0.25, 0.3) is 0 Å². The van der Waals surface area contributed by atoms with Gasteiger partial charge in [-0.15, -0.1) is 0 Å². The molecule has 1 heteroatoms. The fourth-order valence-corrected chi connectivity index (χ4v) is 4.22. The summed E-state index contributed by atoms with van der Waals surface area (Å²) in [6.07, 6.45) is 0. The van der Waals surface area contributed by atoms with Crippen LogP contribution in [0.3, 0.4) is 0 Å². The van der Waals surface area contributed by atoms with Crippen LogP contribution >= 0.6 is 7.92 Å². The molecule has 0 nitrogen and oxygen atoms in total. The Labute approximate surface area is 97.4 Å². The Balaban J connectivity index is 2.02. The highest BCUT2D eigenvalue weighted by Gasteiger charge is 2.33. The second-order valence-corrected chi connectivity index (χ2v) is 6.00. The van der Waals surface area contributed by atoms with Gasteiger partial charge in [0.05, 0.1) is 0 Å². The quantitative estimate of drug-likeness (QED) is 0.652. The van der Waals surface area contributed by atoms with Crippen molar-refractivity contribution in [2.24, 2.45) is 0 Å². The van der Waals surface area contributed by atoms with Gasteiger partial charge in [0, 0.05) is 0 Å². The van der Waals surface area contributed by atoms with E-state index in [9.17, 15) is 0 Å². The summed E-state index contributed by atoms with van der Waals surface area (Å²) in [6, 6.07) is 21.5. The van der Waals surface area contributed by atoms with Gasteiger partial charge in [0.15, 0.2) is 0 Å². The van der Waals surface area contributed by atoms with Gasteiger partial charge >= 0.3 is 0 Å². The van der Waals surface area contributed by atoms with Crippen molar-refractivity contribution in [3.05, 3.63) is 71.8 Å². The van der Waals surface area contributed by atoms with E-state index in [1.807, 2.05) is 0 Å². The Morgan fingerprint density at radius 3 is 1.38 bits per heavy atom. The Kier molecular flexibility index (Phi) is 2.38. The van der Waals surface area contributed by atoms with Crippen molar-refractivity contribution >= 4 is 18.5 Å². The molecule has 78 valence electrons. The van der Waals surface area contributed by atoms with Crippen LogP contribution in [-0.2, 0) is 0 Å². The van der Waals surface area contributed by atoms with Crippen molar-refractivity contribution in [1.82, 2.24) is 0 Å². The SMILES string of the molecule is CP1C(c2ccccc2)=C1c1ccccc1. The Hall–Kier alpha value is -1.39. The minimum Gasteiger partial charge on any atom is -0.0622 e. The maximum atomic E-state index is 2.35. The average molecular weight is 224 g/mol. The monoisotopic (exact) mass is 224 g/mol. The second-order valence-electron chi connectivity index (χ2n) is 3.99. The Morgan fingerprint density at radius 2 is 1.00 bits per heavy atom. The summed E-state index contributed by atoms with van der Waals surface area (Å²) >= 11 is 0. The second kappa shape index (κ2) is 3.88. The zero-order chi connectivity index (χ0) is 11.0. The van der Waals surface area contributed by atoms with E-state index >= 15 is 0 Å². The third-order valence-corrected chi connectivity index (χ3v) is 5.02. The molecule has 2 aromatic rings. The van der Waals surface area contributed by atoms with Crippen LogP contribution in [0.1, 0.15) is 11.1 Å². The van der Waals surface area contributed by atoms with Crippen LogP contribution in [0, 0.1) is 0 Å². The molecule has 1 heterocycles. The van der Waals surface area contributed by atoms with E-state index < -0.39 is 0 Å². The van der Waals surface area contributed by atoms with Crippen molar-refractivity contribution < 1.29 is 0 Å². The zero-order valence-electron chi connectivity index (χ0n) is 9.22. The zero-order valence-corrected chi connectivity index (χ0v) is 10.1. The lowest BCUT2D eigenvalue weighted by Crippen LogP contribution is -1.70. The van der Waals surface area contributed by atoms with Crippen LogP contribution in [0.15, 0.2) is 60.7 Å². The minimum absolute atomic E-state index is 0.0165. The van der Waals surface area contributed by atoms with Gasteiger partial charge in [-0.25, -0.2) is 0 Å². The fourth-order valence-electron chi connectivity index (χ4n) is 2.10. The molecule has 0 aliphatic carbocycles. The number of hydrogen-bond acceptors (Lipinski definition) is 0. The van der Waals surface area contributed by atoms with E-state index in [2.05, 4.69) is 67.3 Å². The van der Waals surface area contributed by atoms with Gasteiger partial charge in [-0.1, -0.05) is 60.7 Å². The van der Waals surface area contributed by atoms with Crippen molar-refractivity contribution in [2.75, 3.05) is 6.66 Å². The van der Waals surface area contributed by atoms with Gasteiger partial charge < -0.3 is 0 Å². The lowest BCUT2D eigenvalue weighted by atomic mass is 10.1. The first-order valence-electron chi connectivity index (χ1n) is 5.47. The normalized spacial score (nSPS) is 15.3. The van der Waals surface area contributed by atoms with Crippen LogP contribution in [0.4, 0.5) is 0 Å². The molecular formula is C15H13P. The van der Waals surface area contributed by atoms with Crippen molar-refractivity contribution in [2.45, 2.75) is 0 Å². The summed E-state index contributed by atoms with van der Waals surface area (Å²) < 4.78 is 0. The van der Waals surface area contributed by atoms with Crippen LogP contribution in [0.2, 0.25) is 0 Å². The van der Waals surface area contributed by atoms with Crippen LogP contribution in [0.25, 0.3) is 10.6 Å². The predicted molar refractivity (Wildman–Crippen MR) is 72.5 cm³/mol. The Bertz CT molecular complexity index is 476. The molecule has 0 bridgehead atoms. The van der Waals surface area contributed by atoms with Gasteiger partial charge in [-0.05, 0) is 36.3 Å². The summed E-state index contributed by atoms with van der Waals surface area (Å²) in [5.74, 6) is 0. The van der Waals surface area contributed by atoms with Gasteiger partial charge in [0.1, 0.15) is 0 Å². The van der Waals surface area contributed by atoms with E-state index in [-0.39, 0.29) is 7.92 Å². The molecule has 0 spiro atoms. The van der Waals surface area contributed by atoms with Crippen molar-refractivity contribution in [3.63, 3.8) is 0 Å². The van der Waals surface area contributed by atoms with Crippen LogP contribution in [-0.4, -0.2) is 6.66 Å². The number of rotatable bonds is 2. The highest BCUT2D eigenvalue weighted by Crippen LogP contribution is 2.76. The number of hydrogen-bond donors (Lipinski definition) is 0. The van der Waals surface area contributed by atoms with Gasteiger partial charge in [-0.2, -0.15) is 0 Å². The van der Waals surface area contributed by atoms with Crippen molar-refractivity contribution in [1.29, 1.82) is 0 Å². The van der Waals surface area contributed by atoms with Crippen LogP contribution < -0.4 is 0 Å². The molecule has 0 N–H and O–H groups in total. The Morgan fingerprint density at radius 1 is 0.625 bits per heavy atom. The standard InChI is InChI=1S/C15H13P/c1-16-14(12-8-4-2-5-9-12)15(16)13-10-6-3-7-11-13/h2-11H,1H3. The van der Waals surface area contributed by atoms with E-state index in [1.54, 1.807) is 10.6 Å². The molecule has 0 amide bonds. The number of benzene rings is 2. The molecule has 0 unspecified atom stereocenters. The first-order chi connectivity index (χ1) is 7.88. The molecule has 0 saturated carbocycles. The maximum absolute atomic E-state index is 2.35. The maximum Gasteiger partial charge on any atom is -0.00396 e. The molecule has 2 aromatic carbocycles. The summed E-state index contributed by atoms with van der Waals surface area (Å²) in [4.78, 5) is 0. The third-order valence-electron chi connectivity index (χ3n) is 2.94. The molecule has 0 atom stereocenters. The predicted octanol–water partition coefficient (Wildman–Crippen LogP) is 4.64. The molecule has 0 aromatic heterocycles. The summed E-state index contributed by atoms with van der Waals surface area (Å²) in [7, 11) is -0.0165. The summed E-state index contributed by atoms with van der Waals surface area (Å²) in [5.41, 5.74) is 2.80. The molecular weight excluding hydrogens is 211 g/mol. The fraction of sp³-hybridized carbons (Fsp3) is 0.0667. The molecule has 1 aliphatic rings. The average Bonchev–Trinajstić information content (AvgIpc) is 3.03. The van der Waals surface area contributed by atoms with Crippen LogP contribution in [0.5, 0.6) is 0 Å². The van der Waals surface area contributed by atoms with E-state index in [1.165, 1.54) is 11.1 Å².